The van der Waals surface area contributed by atoms with Gasteiger partial charge in [-0.05, 0) is 44.4 Å². The van der Waals surface area contributed by atoms with Gasteiger partial charge in [0.2, 0.25) is 0 Å². The Morgan fingerprint density at radius 1 is 1.25 bits per heavy atom. The topological polar surface area (TPSA) is 38.0 Å². The maximum Gasteiger partial charge on any atom is 0.0926 e. The smallest absolute Gasteiger partial charge is 0.0926 e. The Kier molecular flexibility index (Phi) is 4.00. The number of nitrogens with zero attached hydrogens (tertiary/aromatic N) is 2. The standard InChI is InChI=1S/C17H24N2O/c1-6-14-10-15(19(5)18-14)11-17(4,20)16-9-12(2)7-8-13(16)3/h7-10,20H,6,11H2,1-5H3. The third-order valence-electron chi connectivity index (χ3n) is 3.89. The molecule has 0 fully saturated rings. The van der Waals surface area contributed by atoms with Crippen molar-refractivity contribution < 1.29 is 5.11 Å². The molecule has 2 aromatic rings. The van der Waals surface area contributed by atoms with E-state index in [0.717, 1.165) is 28.9 Å². The molecule has 108 valence electrons. The van der Waals surface area contributed by atoms with Crippen molar-refractivity contribution in [1.29, 1.82) is 0 Å². The molecule has 1 N–H and O–H groups in total. The van der Waals surface area contributed by atoms with Gasteiger partial charge in [-0.1, -0.05) is 30.7 Å². The van der Waals surface area contributed by atoms with Crippen molar-refractivity contribution in [1.82, 2.24) is 9.78 Å². The number of rotatable bonds is 4. The highest BCUT2D eigenvalue weighted by molar-refractivity contribution is 5.35. The van der Waals surface area contributed by atoms with Crippen LogP contribution in [-0.2, 0) is 25.5 Å². The molecule has 20 heavy (non-hydrogen) atoms. The third-order valence-corrected chi connectivity index (χ3v) is 3.89. The van der Waals surface area contributed by atoms with Gasteiger partial charge in [0.15, 0.2) is 0 Å². The Bertz CT molecular complexity index is 611. The van der Waals surface area contributed by atoms with Gasteiger partial charge in [0.25, 0.3) is 0 Å². The maximum absolute atomic E-state index is 10.9. The number of hydrogen-bond donors (Lipinski definition) is 1. The molecule has 0 aliphatic rings. The molecule has 2 rings (SSSR count). The first-order valence-corrected chi connectivity index (χ1v) is 7.15. The lowest BCUT2D eigenvalue weighted by atomic mass is 9.87. The van der Waals surface area contributed by atoms with Gasteiger partial charge >= 0.3 is 0 Å². The lowest BCUT2D eigenvalue weighted by molar-refractivity contribution is 0.0549. The molecule has 0 aliphatic carbocycles. The summed E-state index contributed by atoms with van der Waals surface area (Å²) in [6.07, 6.45) is 1.49. The summed E-state index contributed by atoms with van der Waals surface area (Å²) in [5.74, 6) is 0. The van der Waals surface area contributed by atoms with Gasteiger partial charge in [0, 0.05) is 19.2 Å². The van der Waals surface area contributed by atoms with Gasteiger partial charge < -0.3 is 5.11 Å². The maximum atomic E-state index is 10.9. The third kappa shape index (κ3) is 2.93. The minimum Gasteiger partial charge on any atom is -0.385 e. The van der Waals surface area contributed by atoms with Gasteiger partial charge in [0.1, 0.15) is 0 Å². The highest BCUT2D eigenvalue weighted by atomic mass is 16.3. The lowest BCUT2D eigenvalue weighted by Crippen LogP contribution is -2.26. The second-order valence-electron chi connectivity index (χ2n) is 5.87. The van der Waals surface area contributed by atoms with Gasteiger partial charge in [0.05, 0.1) is 11.3 Å². The average molecular weight is 272 g/mol. The van der Waals surface area contributed by atoms with Crippen LogP contribution in [0.5, 0.6) is 0 Å². The molecule has 0 bridgehead atoms. The van der Waals surface area contributed by atoms with Gasteiger partial charge in [-0.25, -0.2) is 0 Å². The monoisotopic (exact) mass is 272 g/mol. The van der Waals surface area contributed by atoms with Crippen LogP contribution in [0.4, 0.5) is 0 Å². The number of hydrogen-bond acceptors (Lipinski definition) is 2. The van der Waals surface area contributed by atoms with E-state index in [9.17, 15) is 5.11 Å². The summed E-state index contributed by atoms with van der Waals surface area (Å²) >= 11 is 0. The highest BCUT2D eigenvalue weighted by Gasteiger charge is 2.27. The van der Waals surface area contributed by atoms with Crippen LogP contribution >= 0.6 is 0 Å². The van der Waals surface area contributed by atoms with E-state index in [1.165, 1.54) is 5.56 Å². The first-order chi connectivity index (χ1) is 9.33. The molecule has 0 amide bonds. The van der Waals surface area contributed by atoms with E-state index in [0.29, 0.717) is 6.42 Å². The molecule has 1 unspecified atom stereocenters. The molecule has 0 spiro atoms. The van der Waals surface area contributed by atoms with Crippen LogP contribution in [0.2, 0.25) is 0 Å². The van der Waals surface area contributed by atoms with Crippen LogP contribution in [-0.4, -0.2) is 14.9 Å². The molecule has 1 aromatic heterocycles. The second-order valence-corrected chi connectivity index (χ2v) is 5.87. The number of benzene rings is 1. The normalized spacial score (nSPS) is 14.3. The molecule has 0 radical (unpaired) electrons. The van der Waals surface area contributed by atoms with Crippen molar-refractivity contribution in [3.8, 4) is 0 Å². The summed E-state index contributed by atoms with van der Waals surface area (Å²) in [6.45, 7) is 8.07. The fraction of sp³-hybridized carbons (Fsp3) is 0.471. The Morgan fingerprint density at radius 2 is 1.95 bits per heavy atom. The van der Waals surface area contributed by atoms with Gasteiger partial charge in [-0.15, -0.1) is 0 Å². The first-order valence-electron chi connectivity index (χ1n) is 7.15. The summed E-state index contributed by atoms with van der Waals surface area (Å²) in [7, 11) is 1.94. The Morgan fingerprint density at radius 3 is 2.55 bits per heavy atom. The van der Waals surface area contributed by atoms with E-state index in [2.05, 4.69) is 43.2 Å². The van der Waals surface area contributed by atoms with Gasteiger partial charge in [-0.3, -0.25) is 4.68 Å². The molecule has 0 aliphatic heterocycles. The minimum absolute atomic E-state index is 0.570. The molecule has 3 heteroatoms. The van der Waals surface area contributed by atoms with Crippen LogP contribution in [0, 0.1) is 13.8 Å². The largest absolute Gasteiger partial charge is 0.385 e. The van der Waals surface area contributed by atoms with E-state index in [1.807, 2.05) is 25.6 Å². The van der Waals surface area contributed by atoms with Crippen LogP contribution < -0.4 is 0 Å². The minimum atomic E-state index is -0.880. The Balaban J connectivity index is 2.34. The van der Waals surface area contributed by atoms with Crippen molar-refractivity contribution in [3.63, 3.8) is 0 Å². The van der Waals surface area contributed by atoms with Crippen molar-refractivity contribution >= 4 is 0 Å². The predicted octanol–water partition coefficient (Wildman–Crippen LogP) is 3.05. The molecular formula is C17H24N2O. The highest BCUT2D eigenvalue weighted by Crippen LogP contribution is 2.29. The zero-order valence-corrected chi connectivity index (χ0v) is 13.1. The molecule has 1 heterocycles. The number of aliphatic hydroxyl groups is 1. The quantitative estimate of drug-likeness (QED) is 0.929. The molecule has 0 saturated heterocycles. The van der Waals surface area contributed by atoms with E-state index >= 15 is 0 Å². The first kappa shape index (κ1) is 14.8. The van der Waals surface area contributed by atoms with Crippen molar-refractivity contribution in [2.24, 2.45) is 7.05 Å². The van der Waals surface area contributed by atoms with E-state index in [-0.39, 0.29) is 0 Å². The molecule has 3 nitrogen and oxygen atoms in total. The van der Waals surface area contributed by atoms with Crippen molar-refractivity contribution in [2.45, 2.75) is 46.1 Å². The van der Waals surface area contributed by atoms with E-state index in [4.69, 9.17) is 0 Å². The van der Waals surface area contributed by atoms with Gasteiger partial charge in [-0.2, -0.15) is 5.10 Å². The Labute approximate surface area is 121 Å². The fourth-order valence-electron chi connectivity index (χ4n) is 2.67. The fourth-order valence-corrected chi connectivity index (χ4v) is 2.67. The summed E-state index contributed by atoms with van der Waals surface area (Å²) in [6, 6.07) is 8.31. The molecular weight excluding hydrogens is 248 g/mol. The van der Waals surface area contributed by atoms with Crippen molar-refractivity contribution in [3.05, 3.63) is 52.3 Å². The SMILES string of the molecule is CCc1cc(CC(C)(O)c2cc(C)ccc2C)n(C)n1. The number of aromatic nitrogens is 2. The summed E-state index contributed by atoms with van der Waals surface area (Å²) in [5, 5.41) is 15.4. The van der Waals surface area contributed by atoms with Crippen LogP contribution in [0.3, 0.4) is 0 Å². The summed E-state index contributed by atoms with van der Waals surface area (Å²) < 4.78 is 1.87. The zero-order valence-electron chi connectivity index (χ0n) is 13.1. The summed E-state index contributed by atoms with van der Waals surface area (Å²) in [5.41, 5.74) is 4.54. The zero-order chi connectivity index (χ0) is 14.9. The van der Waals surface area contributed by atoms with E-state index in [1.54, 1.807) is 0 Å². The number of aryl methyl sites for hydroxylation is 4. The van der Waals surface area contributed by atoms with Crippen LogP contribution in [0.1, 0.15) is 41.9 Å². The molecule has 1 aromatic carbocycles. The van der Waals surface area contributed by atoms with Crippen LogP contribution in [0.15, 0.2) is 24.3 Å². The molecule has 1 atom stereocenters. The van der Waals surface area contributed by atoms with Crippen LogP contribution in [0.25, 0.3) is 0 Å². The van der Waals surface area contributed by atoms with Crippen molar-refractivity contribution in [2.75, 3.05) is 0 Å². The van der Waals surface area contributed by atoms with E-state index < -0.39 is 5.60 Å². The predicted molar refractivity (Wildman–Crippen MR) is 81.8 cm³/mol. The summed E-state index contributed by atoms with van der Waals surface area (Å²) in [4.78, 5) is 0. The second kappa shape index (κ2) is 5.41. The lowest BCUT2D eigenvalue weighted by Gasteiger charge is -2.26. The molecule has 0 saturated carbocycles. The Hall–Kier alpha value is -1.61. The average Bonchev–Trinajstić information content (AvgIpc) is 2.72.